The second-order valence-corrected chi connectivity index (χ2v) is 4.75. The summed E-state index contributed by atoms with van der Waals surface area (Å²) in [6, 6.07) is 0. The lowest BCUT2D eigenvalue weighted by Crippen LogP contribution is -1.97. The second kappa shape index (κ2) is 6.03. The number of carboxylic acid groups (broad SMARTS) is 1. The summed E-state index contributed by atoms with van der Waals surface area (Å²) in [6.07, 6.45) is 4.43. The van der Waals surface area contributed by atoms with Crippen LogP contribution in [0.2, 0.25) is 0 Å². The summed E-state index contributed by atoms with van der Waals surface area (Å²) in [5.41, 5.74) is 0. The fourth-order valence-electron chi connectivity index (χ4n) is 1.00. The Bertz CT molecular complexity index is 261. The molecule has 0 atom stereocenters. The van der Waals surface area contributed by atoms with Gasteiger partial charge in [-0.1, -0.05) is 12.2 Å². The van der Waals surface area contributed by atoms with Gasteiger partial charge in [-0.05, 0) is 30.7 Å². The summed E-state index contributed by atoms with van der Waals surface area (Å²) < 4.78 is 6.33. The number of hydrogen-bond donors (Lipinski definition) is 1. The lowest BCUT2D eigenvalue weighted by Gasteiger charge is -2.04. The number of carbonyl (C=O) groups is 1. The molecule has 1 N–H and O–H groups in total. The van der Waals surface area contributed by atoms with Crippen LogP contribution < -0.4 is 0 Å². The third-order valence-electron chi connectivity index (χ3n) is 1.68. The predicted octanol–water partition coefficient (Wildman–Crippen LogP) is 2.56. The first-order chi connectivity index (χ1) is 6.68. The molecule has 0 aliphatic carbocycles. The van der Waals surface area contributed by atoms with Gasteiger partial charge in [-0.2, -0.15) is 0 Å². The summed E-state index contributed by atoms with van der Waals surface area (Å²) in [5, 5.41) is 9.25. The number of ether oxygens (including phenoxy) is 1. The molecule has 1 aliphatic heterocycles. The Labute approximate surface area is 92.5 Å². The van der Waals surface area contributed by atoms with Crippen LogP contribution in [-0.4, -0.2) is 21.9 Å². The number of rotatable bonds is 6. The van der Waals surface area contributed by atoms with Crippen molar-refractivity contribution in [2.75, 3.05) is 6.61 Å². The fraction of sp³-hybridized carbons (Fsp3) is 0.556. The standard InChI is InChI=1S/C9H12O3S2/c10-7(11)3-1-2-6-12-8-4-5-9(13)14-8/h4H,1-3,5-6H2,(H,10,11). The molecule has 3 nitrogen and oxygen atoms in total. The highest BCUT2D eigenvalue weighted by Gasteiger charge is 2.11. The van der Waals surface area contributed by atoms with E-state index >= 15 is 0 Å². The number of thiocarbonyl (C=S) groups is 1. The molecule has 0 unspecified atom stereocenters. The zero-order chi connectivity index (χ0) is 10.4. The van der Waals surface area contributed by atoms with Crippen molar-refractivity contribution in [2.24, 2.45) is 0 Å². The largest absolute Gasteiger partial charge is 0.487 e. The quantitative estimate of drug-likeness (QED) is 0.563. The number of thioether (sulfide) groups is 1. The monoisotopic (exact) mass is 232 g/mol. The molecule has 0 aromatic heterocycles. The summed E-state index contributed by atoms with van der Waals surface area (Å²) in [7, 11) is 0. The van der Waals surface area contributed by atoms with Gasteiger partial charge in [0.15, 0.2) is 5.09 Å². The third-order valence-corrected chi connectivity index (χ3v) is 2.98. The van der Waals surface area contributed by atoms with Gasteiger partial charge in [-0.25, -0.2) is 0 Å². The Balaban J connectivity index is 1.99. The molecule has 0 fully saturated rings. The number of allylic oxidation sites excluding steroid dienone is 1. The Kier molecular flexibility index (Phi) is 4.97. The third kappa shape index (κ3) is 4.62. The van der Waals surface area contributed by atoms with Crippen LogP contribution in [0.15, 0.2) is 11.2 Å². The van der Waals surface area contributed by atoms with E-state index in [-0.39, 0.29) is 6.42 Å². The summed E-state index contributed by atoms with van der Waals surface area (Å²) in [6.45, 7) is 0.578. The van der Waals surface area contributed by atoms with Crippen molar-refractivity contribution in [1.82, 2.24) is 0 Å². The van der Waals surface area contributed by atoms with Crippen molar-refractivity contribution < 1.29 is 14.6 Å². The zero-order valence-electron chi connectivity index (χ0n) is 7.69. The highest BCUT2D eigenvalue weighted by atomic mass is 32.2. The molecule has 0 saturated carbocycles. The Morgan fingerprint density at radius 2 is 2.43 bits per heavy atom. The van der Waals surface area contributed by atoms with E-state index in [1.807, 2.05) is 6.08 Å². The molecule has 1 aliphatic rings. The van der Waals surface area contributed by atoms with E-state index in [0.717, 1.165) is 22.1 Å². The Morgan fingerprint density at radius 3 is 3.00 bits per heavy atom. The van der Waals surface area contributed by atoms with E-state index in [0.29, 0.717) is 13.0 Å². The first kappa shape index (κ1) is 11.5. The minimum Gasteiger partial charge on any atom is -0.487 e. The molecular formula is C9H12O3S2. The number of aliphatic carboxylic acids is 1. The van der Waals surface area contributed by atoms with Crippen LogP contribution in [0.1, 0.15) is 25.7 Å². The molecule has 0 aromatic carbocycles. The van der Waals surface area contributed by atoms with Crippen molar-refractivity contribution >= 4 is 34.1 Å². The van der Waals surface area contributed by atoms with Gasteiger partial charge in [0, 0.05) is 12.8 Å². The molecule has 14 heavy (non-hydrogen) atoms. The molecule has 78 valence electrons. The van der Waals surface area contributed by atoms with Crippen LogP contribution in [0.5, 0.6) is 0 Å². The van der Waals surface area contributed by atoms with Gasteiger partial charge in [-0.3, -0.25) is 4.79 Å². The second-order valence-electron chi connectivity index (χ2n) is 2.90. The van der Waals surface area contributed by atoms with Crippen molar-refractivity contribution in [3.8, 4) is 0 Å². The van der Waals surface area contributed by atoms with E-state index in [1.54, 1.807) is 0 Å². The molecule has 1 heterocycles. The Hall–Kier alpha value is -0.550. The van der Waals surface area contributed by atoms with E-state index in [1.165, 1.54) is 11.8 Å². The van der Waals surface area contributed by atoms with Crippen molar-refractivity contribution in [3.63, 3.8) is 0 Å². The van der Waals surface area contributed by atoms with Crippen LogP contribution in [0.3, 0.4) is 0 Å². The van der Waals surface area contributed by atoms with Gasteiger partial charge in [-0.15, -0.1) is 0 Å². The van der Waals surface area contributed by atoms with Crippen LogP contribution in [0.4, 0.5) is 0 Å². The smallest absolute Gasteiger partial charge is 0.303 e. The molecule has 0 spiro atoms. The highest BCUT2D eigenvalue weighted by Crippen LogP contribution is 2.28. The van der Waals surface area contributed by atoms with Gasteiger partial charge in [0.2, 0.25) is 0 Å². The van der Waals surface area contributed by atoms with Crippen LogP contribution in [0, 0.1) is 0 Å². The first-order valence-electron chi connectivity index (χ1n) is 4.44. The molecule has 0 saturated heterocycles. The molecular weight excluding hydrogens is 220 g/mol. The highest BCUT2D eigenvalue weighted by molar-refractivity contribution is 8.25. The van der Waals surface area contributed by atoms with Gasteiger partial charge >= 0.3 is 5.97 Å². The maximum absolute atomic E-state index is 10.2. The van der Waals surface area contributed by atoms with Crippen molar-refractivity contribution in [3.05, 3.63) is 11.2 Å². The first-order valence-corrected chi connectivity index (χ1v) is 5.66. The summed E-state index contributed by atoms with van der Waals surface area (Å²) in [4.78, 5) is 10.2. The lowest BCUT2D eigenvalue weighted by atomic mass is 10.2. The maximum Gasteiger partial charge on any atom is 0.303 e. The molecule has 0 amide bonds. The van der Waals surface area contributed by atoms with E-state index in [4.69, 9.17) is 22.1 Å². The molecule has 0 bridgehead atoms. The summed E-state index contributed by atoms with van der Waals surface area (Å²) >= 11 is 6.47. The van der Waals surface area contributed by atoms with E-state index in [9.17, 15) is 4.79 Å². The molecule has 1 rings (SSSR count). The fourth-order valence-corrected chi connectivity index (χ4v) is 2.03. The maximum atomic E-state index is 10.2. The van der Waals surface area contributed by atoms with Gasteiger partial charge in [0.1, 0.15) is 0 Å². The zero-order valence-corrected chi connectivity index (χ0v) is 9.33. The molecule has 0 aromatic rings. The van der Waals surface area contributed by atoms with Crippen molar-refractivity contribution in [1.29, 1.82) is 0 Å². The minimum atomic E-state index is -0.749. The predicted molar refractivity (Wildman–Crippen MR) is 60.3 cm³/mol. The topological polar surface area (TPSA) is 46.5 Å². The van der Waals surface area contributed by atoms with Crippen molar-refractivity contribution in [2.45, 2.75) is 25.7 Å². The SMILES string of the molecule is O=C(O)CCCCOC1=CCC(=S)S1. The summed E-state index contributed by atoms with van der Waals surface area (Å²) in [5.74, 6) is -0.749. The van der Waals surface area contributed by atoms with Gasteiger partial charge < -0.3 is 9.84 Å². The van der Waals surface area contributed by atoms with Gasteiger partial charge in [0.25, 0.3) is 0 Å². The van der Waals surface area contributed by atoms with Crippen LogP contribution in [-0.2, 0) is 9.53 Å². The molecule has 0 radical (unpaired) electrons. The molecule has 5 heteroatoms. The number of hydrogen-bond acceptors (Lipinski definition) is 4. The average molecular weight is 232 g/mol. The van der Waals surface area contributed by atoms with Gasteiger partial charge in [0.05, 0.1) is 10.8 Å². The number of unbranched alkanes of at least 4 members (excludes halogenated alkanes) is 1. The normalized spacial score (nSPS) is 15.4. The Morgan fingerprint density at radius 1 is 1.64 bits per heavy atom. The van der Waals surface area contributed by atoms with Crippen LogP contribution >= 0.6 is 24.0 Å². The average Bonchev–Trinajstić information content (AvgIpc) is 2.50. The number of carboxylic acids is 1. The van der Waals surface area contributed by atoms with Crippen LogP contribution in [0.25, 0.3) is 0 Å². The minimum absolute atomic E-state index is 0.216. The van der Waals surface area contributed by atoms with E-state index < -0.39 is 5.97 Å². The lowest BCUT2D eigenvalue weighted by molar-refractivity contribution is -0.137. The van der Waals surface area contributed by atoms with E-state index in [2.05, 4.69) is 0 Å².